The van der Waals surface area contributed by atoms with Crippen molar-refractivity contribution in [1.29, 1.82) is 0 Å². The normalized spacial score (nSPS) is 18.7. The van der Waals surface area contributed by atoms with Gasteiger partial charge in [0.15, 0.2) is 6.61 Å². The lowest BCUT2D eigenvalue weighted by atomic mass is 10.1. The highest BCUT2D eigenvalue weighted by atomic mass is 35.5. The number of halogens is 1. The number of nitrogens with zero attached hydrogens (tertiary/aromatic N) is 1. The highest BCUT2D eigenvalue weighted by Gasteiger charge is 2.25. The Hall–Kier alpha value is -1.26. The quantitative estimate of drug-likeness (QED) is 0.917. The first-order valence-corrected chi connectivity index (χ1v) is 6.84. The van der Waals surface area contributed by atoms with Crippen molar-refractivity contribution >= 4 is 17.5 Å². The molecule has 1 atom stereocenters. The summed E-state index contributed by atoms with van der Waals surface area (Å²) in [6.07, 6.45) is 0.988. The van der Waals surface area contributed by atoms with E-state index in [4.69, 9.17) is 22.1 Å². The monoisotopic (exact) mass is 282 g/mol. The molecule has 104 valence electrons. The predicted molar refractivity (Wildman–Crippen MR) is 75.4 cm³/mol. The number of nitrogens with two attached hydrogens (primary N) is 1. The Bertz CT molecular complexity index is 465. The predicted octanol–water partition coefficient (Wildman–Crippen LogP) is 1.83. The summed E-state index contributed by atoms with van der Waals surface area (Å²) in [5.41, 5.74) is 6.55. The highest BCUT2D eigenvalue weighted by Crippen LogP contribution is 2.21. The van der Waals surface area contributed by atoms with E-state index < -0.39 is 0 Å². The van der Waals surface area contributed by atoms with Gasteiger partial charge >= 0.3 is 0 Å². The van der Waals surface area contributed by atoms with Gasteiger partial charge in [0, 0.05) is 18.1 Å². The molecule has 0 aliphatic carbocycles. The zero-order chi connectivity index (χ0) is 13.8. The van der Waals surface area contributed by atoms with Gasteiger partial charge in [-0.1, -0.05) is 11.6 Å². The molecule has 0 aromatic heterocycles. The first kappa shape index (κ1) is 14.2. The van der Waals surface area contributed by atoms with Gasteiger partial charge in [-0.15, -0.1) is 0 Å². The van der Waals surface area contributed by atoms with E-state index in [1.807, 2.05) is 17.9 Å². The molecule has 1 aromatic rings. The smallest absolute Gasteiger partial charge is 0.260 e. The number of hydrogen-bond acceptors (Lipinski definition) is 3. The zero-order valence-corrected chi connectivity index (χ0v) is 11.8. The topological polar surface area (TPSA) is 55.6 Å². The number of amides is 1. The molecule has 5 heteroatoms. The summed E-state index contributed by atoms with van der Waals surface area (Å²) >= 11 is 5.94. The summed E-state index contributed by atoms with van der Waals surface area (Å²) in [6, 6.07) is 5.38. The van der Waals surface area contributed by atoms with E-state index in [-0.39, 0.29) is 12.5 Å². The van der Waals surface area contributed by atoms with Crippen LogP contribution in [-0.4, -0.2) is 37.0 Å². The molecule has 1 aromatic carbocycles. The Kier molecular flexibility index (Phi) is 4.66. The number of hydrogen-bond donors (Lipinski definition) is 1. The molecular formula is C14H19ClN2O2. The lowest BCUT2D eigenvalue weighted by molar-refractivity contribution is -0.132. The van der Waals surface area contributed by atoms with Gasteiger partial charge < -0.3 is 15.4 Å². The minimum absolute atomic E-state index is 0.0172. The average Bonchev–Trinajstić information content (AvgIpc) is 2.88. The maximum atomic E-state index is 12.0. The first-order valence-electron chi connectivity index (χ1n) is 6.47. The molecule has 1 fully saturated rings. The van der Waals surface area contributed by atoms with E-state index in [9.17, 15) is 4.79 Å². The molecule has 2 rings (SSSR count). The molecule has 1 aliphatic rings. The van der Waals surface area contributed by atoms with Gasteiger partial charge in [0.05, 0.1) is 0 Å². The van der Waals surface area contributed by atoms with Crippen molar-refractivity contribution in [2.45, 2.75) is 13.3 Å². The second kappa shape index (κ2) is 6.26. The Morgan fingerprint density at radius 2 is 2.37 bits per heavy atom. The Morgan fingerprint density at radius 3 is 3.00 bits per heavy atom. The van der Waals surface area contributed by atoms with Crippen molar-refractivity contribution in [1.82, 2.24) is 4.90 Å². The Labute approximate surface area is 118 Å². The van der Waals surface area contributed by atoms with Crippen LogP contribution in [0.1, 0.15) is 12.0 Å². The van der Waals surface area contributed by atoms with Gasteiger partial charge in [0.2, 0.25) is 0 Å². The van der Waals surface area contributed by atoms with Crippen LogP contribution < -0.4 is 10.5 Å². The zero-order valence-electron chi connectivity index (χ0n) is 11.1. The van der Waals surface area contributed by atoms with Crippen LogP contribution in [0.25, 0.3) is 0 Å². The van der Waals surface area contributed by atoms with Crippen LogP contribution in [-0.2, 0) is 4.79 Å². The van der Waals surface area contributed by atoms with Crippen LogP contribution in [0.2, 0.25) is 5.02 Å². The number of carbonyl (C=O) groups is 1. The molecule has 0 bridgehead atoms. The first-order chi connectivity index (χ1) is 9.10. The number of aryl methyl sites for hydroxylation is 1. The number of ether oxygens (including phenoxy) is 1. The molecule has 1 saturated heterocycles. The van der Waals surface area contributed by atoms with Gasteiger partial charge in [-0.05, 0) is 49.6 Å². The van der Waals surface area contributed by atoms with E-state index in [1.165, 1.54) is 0 Å². The second-order valence-corrected chi connectivity index (χ2v) is 5.34. The Balaban J connectivity index is 1.85. The van der Waals surface area contributed by atoms with Crippen molar-refractivity contribution in [2.24, 2.45) is 11.7 Å². The minimum Gasteiger partial charge on any atom is -0.484 e. The number of benzene rings is 1. The van der Waals surface area contributed by atoms with Crippen LogP contribution in [0.4, 0.5) is 0 Å². The van der Waals surface area contributed by atoms with Crippen LogP contribution in [0.15, 0.2) is 18.2 Å². The third-order valence-corrected chi connectivity index (χ3v) is 3.89. The minimum atomic E-state index is 0.0172. The summed E-state index contributed by atoms with van der Waals surface area (Å²) in [6.45, 7) is 4.14. The summed E-state index contributed by atoms with van der Waals surface area (Å²) in [7, 11) is 0. The maximum Gasteiger partial charge on any atom is 0.260 e. The highest BCUT2D eigenvalue weighted by molar-refractivity contribution is 6.31. The largest absolute Gasteiger partial charge is 0.484 e. The average molecular weight is 283 g/mol. The maximum absolute atomic E-state index is 12.0. The lowest BCUT2D eigenvalue weighted by Gasteiger charge is -2.16. The van der Waals surface area contributed by atoms with E-state index in [0.717, 1.165) is 25.1 Å². The van der Waals surface area contributed by atoms with E-state index in [2.05, 4.69) is 0 Å². The van der Waals surface area contributed by atoms with Crippen LogP contribution >= 0.6 is 11.6 Å². The molecule has 4 nitrogen and oxygen atoms in total. The molecule has 0 saturated carbocycles. The number of carbonyl (C=O) groups excluding carboxylic acids is 1. The van der Waals surface area contributed by atoms with Crippen molar-refractivity contribution in [3.8, 4) is 5.75 Å². The molecule has 1 heterocycles. The Morgan fingerprint density at radius 1 is 1.58 bits per heavy atom. The number of rotatable bonds is 4. The standard InChI is InChI=1S/C14H19ClN2O2/c1-10-6-12(2-3-13(10)15)19-9-14(18)17-5-4-11(7-16)8-17/h2-3,6,11H,4-5,7-9,16H2,1H3/t11-/m0/s1. The van der Waals surface area contributed by atoms with E-state index in [0.29, 0.717) is 23.2 Å². The van der Waals surface area contributed by atoms with Crippen LogP contribution in [0.5, 0.6) is 5.75 Å². The molecule has 2 N–H and O–H groups in total. The van der Waals surface area contributed by atoms with Crippen molar-refractivity contribution in [3.63, 3.8) is 0 Å². The molecule has 1 amide bonds. The summed E-state index contributed by atoms with van der Waals surface area (Å²) in [5.74, 6) is 1.12. The van der Waals surface area contributed by atoms with Gasteiger partial charge in [-0.3, -0.25) is 4.79 Å². The summed E-state index contributed by atoms with van der Waals surface area (Å²) < 4.78 is 5.50. The number of likely N-dealkylation sites (tertiary alicyclic amines) is 1. The lowest BCUT2D eigenvalue weighted by Crippen LogP contribution is -2.33. The van der Waals surface area contributed by atoms with Crippen molar-refractivity contribution in [2.75, 3.05) is 26.2 Å². The second-order valence-electron chi connectivity index (χ2n) is 4.93. The molecule has 0 unspecified atom stereocenters. The summed E-state index contributed by atoms with van der Waals surface area (Å²) in [4.78, 5) is 13.8. The van der Waals surface area contributed by atoms with Gasteiger partial charge in [-0.25, -0.2) is 0 Å². The SMILES string of the molecule is Cc1cc(OCC(=O)N2CC[C@@H](CN)C2)ccc1Cl. The van der Waals surface area contributed by atoms with Crippen LogP contribution in [0, 0.1) is 12.8 Å². The molecule has 0 radical (unpaired) electrons. The third kappa shape index (κ3) is 3.61. The summed E-state index contributed by atoms with van der Waals surface area (Å²) in [5, 5.41) is 0.698. The van der Waals surface area contributed by atoms with E-state index >= 15 is 0 Å². The fourth-order valence-electron chi connectivity index (χ4n) is 2.19. The van der Waals surface area contributed by atoms with E-state index in [1.54, 1.807) is 12.1 Å². The van der Waals surface area contributed by atoms with Gasteiger partial charge in [0.1, 0.15) is 5.75 Å². The molecule has 19 heavy (non-hydrogen) atoms. The fourth-order valence-corrected chi connectivity index (χ4v) is 2.31. The molecule has 1 aliphatic heterocycles. The van der Waals surface area contributed by atoms with Crippen LogP contribution in [0.3, 0.4) is 0 Å². The van der Waals surface area contributed by atoms with Crippen molar-refractivity contribution in [3.05, 3.63) is 28.8 Å². The fraction of sp³-hybridized carbons (Fsp3) is 0.500. The van der Waals surface area contributed by atoms with Gasteiger partial charge in [-0.2, -0.15) is 0 Å². The molecule has 0 spiro atoms. The van der Waals surface area contributed by atoms with Gasteiger partial charge in [0.25, 0.3) is 5.91 Å². The molecular weight excluding hydrogens is 264 g/mol. The van der Waals surface area contributed by atoms with Crippen molar-refractivity contribution < 1.29 is 9.53 Å². The third-order valence-electron chi connectivity index (χ3n) is 3.46.